The van der Waals surface area contributed by atoms with Crippen LogP contribution in [0.25, 0.3) is 22.4 Å². The zero-order chi connectivity index (χ0) is 19.3. The fraction of sp³-hybridized carbons (Fsp3) is 0.0909. The molecule has 28 heavy (non-hydrogen) atoms. The van der Waals surface area contributed by atoms with Gasteiger partial charge in [0, 0.05) is 18.2 Å². The Morgan fingerprint density at radius 2 is 1.64 bits per heavy atom. The van der Waals surface area contributed by atoms with Crippen LogP contribution in [0, 0.1) is 0 Å². The molecule has 6 nitrogen and oxygen atoms in total. The number of nitrogens with zero attached hydrogens (tertiary/aromatic N) is 4. The van der Waals surface area contributed by atoms with E-state index in [-0.39, 0.29) is 5.91 Å². The maximum Gasteiger partial charge on any atom is 0.229 e. The van der Waals surface area contributed by atoms with Crippen LogP contribution in [0.15, 0.2) is 79.1 Å². The van der Waals surface area contributed by atoms with Crippen molar-refractivity contribution < 1.29 is 4.79 Å². The van der Waals surface area contributed by atoms with Gasteiger partial charge in [-0.05, 0) is 11.6 Å². The van der Waals surface area contributed by atoms with E-state index in [4.69, 9.17) is 0 Å². The molecule has 0 saturated carbocycles. The van der Waals surface area contributed by atoms with Crippen LogP contribution in [0.5, 0.6) is 0 Å². The van der Waals surface area contributed by atoms with E-state index in [0.29, 0.717) is 12.2 Å². The van der Waals surface area contributed by atoms with Crippen molar-refractivity contribution in [3.8, 4) is 22.4 Å². The van der Waals surface area contributed by atoms with Gasteiger partial charge in [-0.1, -0.05) is 60.7 Å². The first kappa shape index (κ1) is 17.6. The fourth-order valence-electron chi connectivity index (χ4n) is 3.13. The second-order valence-electron chi connectivity index (χ2n) is 6.40. The summed E-state index contributed by atoms with van der Waals surface area (Å²) >= 11 is 0. The Bertz CT molecular complexity index is 1080. The number of benzene rings is 2. The van der Waals surface area contributed by atoms with Gasteiger partial charge in [-0.3, -0.25) is 9.48 Å². The summed E-state index contributed by atoms with van der Waals surface area (Å²) in [5.41, 5.74) is 4.37. The molecule has 2 aromatic heterocycles. The molecule has 4 aromatic rings. The minimum absolute atomic E-state index is 0.0999. The van der Waals surface area contributed by atoms with Crippen LogP contribution in [-0.4, -0.2) is 25.9 Å². The highest BCUT2D eigenvalue weighted by atomic mass is 16.1. The lowest BCUT2D eigenvalue weighted by Gasteiger charge is -2.09. The predicted molar refractivity (Wildman–Crippen MR) is 108 cm³/mol. The number of carbonyl (C=O) groups excluding carboxylic acids is 1. The van der Waals surface area contributed by atoms with Gasteiger partial charge in [0.2, 0.25) is 5.91 Å². The Morgan fingerprint density at radius 3 is 2.32 bits per heavy atom. The van der Waals surface area contributed by atoms with Crippen LogP contribution >= 0.6 is 0 Å². The molecule has 0 unspecified atom stereocenters. The van der Waals surface area contributed by atoms with Gasteiger partial charge in [0.25, 0.3) is 0 Å². The number of hydrogen-bond acceptors (Lipinski definition) is 4. The second-order valence-corrected chi connectivity index (χ2v) is 6.40. The lowest BCUT2D eigenvalue weighted by Crippen LogP contribution is -2.17. The minimum Gasteiger partial charge on any atom is -0.310 e. The molecule has 0 bridgehead atoms. The van der Waals surface area contributed by atoms with E-state index in [1.165, 1.54) is 0 Å². The third kappa shape index (κ3) is 3.66. The summed E-state index contributed by atoms with van der Waals surface area (Å²) in [7, 11) is 1.82. The van der Waals surface area contributed by atoms with E-state index in [0.717, 1.165) is 27.9 Å². The average Bonchev–Trinajstić information content (AvgIpc) is 3.06. The van der Waals surface area contributed by atoms with Gasteiger partial charge in [0.15, 0.2) is 0 Å². The van der Waals surface area contributed by atoms with Crippen LogP contribution in [0.2, 0.25) is 0 Å². The number of rotatable bonds is 5. The standard InChI is InChI=1S/C22H19N5O/c1-27-22(25-19(28)14-16-8-4-2-5-9-16)20(18-12-13-23-24-15-18)21(26-27)17-10-6-3-7-11-17/h2-13,15H,14H2,1H3,(H,25,28). The molecule has 2 heterocycles. The van der Waals surface area contributed by atoms with Gasteiger partial charge in [0.05, 0.1) is 24.4 Å². The summed E-state index contributed by atoms with van der Waals surface area (Å²) in [5.74, 6) is 0.532. The number of amides is 1. The topological polar surface area (TPSA) is 72.7 Å². The number of aromatic nitrogens is 4. The van der Waals surface area contributed by atoms with E-state index in [2.05, 4.69) is 20.6 Å². The third-order valence-corrected chi connectivity index (χ3v) is 4.43. The first-order valence-corrected chi connectivity index (χ1v) is 8.95. The summed E-state index contributed by atoms with van der Waals surface area (Å²) in [5, 5.41) is 15.6. The normalized spacial score (nSPS) is 10.6. The van der Waals surface area contributed by atoms with Gasteiger partial charge in [0.1, 0.15) is 11.5 Å². The van der Waals surface area contributed by atoms with Gasteiger partial charge in [-0.25, -0.2) is 0 Å². The molecule has 138 valence electrons. The highest BCUT2D eigenvalue weighted by Crippen LogP contribution is 2.36. The molecule has 0 atom stereocenters. The fourth-order valence-corrected chi connectivity index (χ4v) is 3.13. The third-order valence-electron chi connectivity index (χ3n) is 4.43. The molecule has 0 spiro atoms. The molecule has 0 radical (unpaired) electrons. The maximum absolute atomic E-state index is 12.7. The minimum atomic E-state index is -0.0999. The summed E-state index contributed by atoms with van der Waals surface area (Å²) in [6, 6.07) is 21.4. The molecule has 0 saturated heterocycles. The molecular weight excluding hydrogens is 350 g/mol. The van der Waals surface area contributed by atoms with Crippen LogP contribution < -0.4 is 5.32 Å². The Balaban J connectivity index is 1.74. The van der Waals surface area contributed by atoms with Gasteiger partial charge >= 0.3 is 0 Å². The van der Waals surface area contributed by atoms with Gasteiger partial charge in [-0.15, -0.1) is 0 Å². The summed E-state index contributed by atoms with van der Waals surface area (Å²) in [6.45, 7) is 0. The van der Waals surface area contributed by atoms with Crippen molar-refractivity contribution in [3.05, 3.63) is 84.7 Å². The molecule has 0 fully saturated rings. The first-order valence-electron chi connectivity index (χ1n) is 8.95. The number of aryl methyl sites for hydroxylation is 1. The molecule has 4 rings (SSSR count). The average molecular weight is 369 g/mol. The first-order chi connectivity index (χ1) is 13.7. The SMILES string of the molecule is Cn1nc(-c2ccccc2)c(-c2ccnnc2)c1NC(=O)Cc1ccccc1. The van der Waals surface area contributed by atoms with E-state index in [9.17, 15) is 4.79 Å². The molecule has 0 aliphatic heterocycles. The Labute approximate surface area is 162 Å². The van der Waals surface area contributed by atoms with Crippen molar-refractivity contribution >= 4 is 11.7 Å². The highest BCUT2D eigenvalue weighted by molar-refractivity contribution is 5.98. The van der Waals surface area contributed by atoms with Crippen molar-refractivity contribution in [1.82, 2.24) is 20.0 Å². The van der Waals surface area contributed by atoms with Gasteiger partial charge in [-0.2, -0.15) is 15.3 Å². The molecule has 1 N–H and O–H groups in total. The van der Waals surface area contributed by atoms with E-state index < -0.39 is 0 Å². The number of anilines is 1. The Morgan fingerprint density at radius 1 is 0.929 bits per heavy atom. The van der Waals surface area contributed by atoms with E-state index in [1.54, 1.807) is 17.1 Å². The van der Waals surface area contributed by atoms with E-state index >= 15 is 0 Å². The van der Waals surface area contributed by atoms with Crippen molar-refractivity contribution in [3.63, 3.8) is 0 Å². The van der Waals surface area contributed by atoms with Crippen LogP contribution in [0.1, 0.15) is 5.56 Å². The molecule has 1 amide bonds. The number of carbonyl (C=O) groups is 1. The van der Waals surface area contributed by atoms with Crippen molar-refractivity contribution in [1.29, 1.82) is 0 Å². The monoisotopic (exact) mass is 369 g/mol. The Hall–Kier alpha value is -3.80. The van der Waals surface area contributed by atoms with Crippen molar-refractivity contribution in [2.45, 2.75) is 6.42 Å². The number of nitrogens with one attached hydrogen (secondary N) is 1. The molecule has 0 aliphatic rings. The second kappa shape index (κ2) is 7.84. The lowest BCUT2D eigenvalue weighted by molar-refractivity contribution is -0.115. The van der Waals surface area contributed by atoms with E-state index in [1.807, 2.05) is 73.8 Å². The van der Waals surface area contributed by atoms with Gasteiger partial charge < -0.3 is 5.32 Å². The Kier molecular flexibility index (Phi) is 4.93. The zero-order valence-corrected chi connectivity index (χ0v) is 15.4. The van der Waals surface area contributed by atoms with Crippen molar-refractivity contribution in [2.24, 2.45) is 7.05 Å². The van der Waals surface area contributed by atoms with Crippen molar-refractivity contribution in [2.75, 3.05) is 5.32 Å². The highest BCUT2D eigenvalue weighted by Gasteiger charge is 2.21. The maximum atomic E-state index is 12.7. The summed E-state index contributed by atoms with van der Waals surface area (Å²) in [6.07, 6.45) is 3.60. The number of hydrogen-bond donors (Lipinski definition) is 1. The van der Waals surface area contributed by atoms with Crippen LogP contribution in [0.3, 0.4) is 0 Å². The zero-order valence-electron chi connectivity index (χ0n) is 15.4. The van der Waals surface area contributed by atoms with Crippen LogP contribution in [-0.2, 0) is 18.3 Å². The summed E-state index contributed by atoms with van der Waals surface area (Å²) in [4.78, 5) is 12.7. The summed E-state index contributed by atoms with van der Waals surface area (Å²) < 4.78 is 1.70. The smallest absolute Gasteiger partial charge is 0.229 e. The van der Waals surface area contributed by atoms with Crippen LogP contribution in [0.4, 0.5) is 5.82 Å². The molecule has 2 aromatic carbocycles. The largest absolute Gasteiger partial charge is 0.310 e. The quantitative estimate of drug-likeness (QED) is 0.582. The predicted octanol–water partition coefficient (Wildman–Crippen LogP) is 3.73. The molecule has 6 heteroatoms. The molecule has 0 aliphatic carbocycles. The molecular formula is C22H19N5O. The lowest BCUT2D eigenvalue weighted by atomic mass is 10.0.